The van der Waals surface area contributed by atoms with Gasteiger partial charge < -0.3 is 15.7 Å². The van der Waals surface area contributed by atoms with E-state index in [2.05, 4.69) is 26.6 Å². The highest BCUT2D eigenvalue weighted by molar-refractivity contribution is 9.10. The fourth-order valence-corrected chi connectivity index (χ4v) is 1.99. The average molecular weight is 343 g/mol. The first kappa shape index (κ1) is 16.5. The molecule has 3 N–H and O–H groups in total. The summed E-state index contributed by atoms with van der Waals surface area (Å²) in [6.45, 7) is 5.34. The minimum Gasteiger partial charge on any atom is -0.480 e. The second-order valence-corrected chi connectivity index (χ2v) is 5.87. The molecular formula is C14H19BrN2O3. The van der Waals surface area contributed by atoms with Crippen LogP contribution in [0.25, 0.3) is 0 Å². The molecule has 0 spiro atoms. The Labute approximate surface area is 126 Å². The van der Waals surface area contributed by atoms with Crippen molar-refractivity contribution in [3.8, 4) is 0 Å². The molecule has 0 radical (unpaired) electrons. The number of hydrogen-bond donors (Lipinski definition) is 3. The van der Waals surface area contributed by atoms with Crippen molar-refractivity contribution in [3.63, 3.8) is 0 Å². The van der Waals surface area contributed by atoms with Crippen LogP contribution >= 0.6 is 15.9 Å². The number of halogens is 1. The summed E-state index contributed by atoms with van der Waals surface area (Å²) in [7, 11) is 0. The normalized spacial score (nSPS) is 13.7. The van der Waals surface area contributed by atoms with Crippen LogP contribution in [-0.2, 0) is 4.79 Å². The SMILES string of the molecule is CC(NC(=O)N[C@H](C(=O)O)C(C)C)c1ccc(Br)cc1. The van der Waals surface area contributed by atoms with Gasteiger partial charge in [-0.25, -0.2) is 9.59 Å². The lowest BCUT2D eigenvalue weighted by molar-refractivity contribution is -0.140. The molecule has 0 fully saturated rings. The molecule has 0 aliphatic rings. The van der Waals surface area contributed by atoms with E-state index in [1.54, 1.807) is 13.8 Å². The van der Waals surface area contributed by atoms with E-state index >= 15 is 0 Å². The number of nitrogens with one attached hydrogen (secondary N) is 2. The molecule has 1 unspecified atom stereocenters. The maximum absolute atomic E-state index is 11.8. The maximum atomic E-state index is 11.8. The second-order valence-electron chi connectivity index (χ2n) is 4.95. The van der Waals surface area contributed by atoms with Crippen LogP contribution in [0.15, 0.2) is 28.7 Å². The third-order valence-electron chi connectivity index (χ3n) is 2.94. The first-order valence-electron chi connectivity index (χ1n) is 6.36. The summed E-state index contributed by atoms with van der Waals surface area (Å²) in [5.74, 6) is -1.22. The average Bonchev–Trinajstić information content (AvgIpc) is 2.35. The highest BCUT2D eigenvalue weighted by atomic mass is 79.9. The molecule has 0 saturated heterocycles. The summed E-state index contributed by atoms with van der Waals surface area (Å²) in [6.07, 6.45) is 0. The summed E-state index contributed by atoms with van der Waals surface area (Å²) in [4.78, 5) is 22.8. The lowest BCUT2D eigenvalue weighted by atomic mass is 10.1. The quantitative estimate of drug-likeness (QED) is 0.769. The zero-order chi connectivity index (χ0) is 15.3. The number of benzene rings is 1. The molecule has 6 heteroatoms. The van der Waals surface area contributed by atoms with Gasteiger partial charge in [0.05, 0.1) is 6.04 Å². The van der Waals surface area contributed by atoms with Gasteiger partial charge in [0.1, 0.15) is 6.04 Å². The third kappa shape index (κ3) is 4.85. The van der Waals surface area contributed by atoms with Crippen molar-refractivity contribution in [3.05, 3.63) is 34.3 Å². The van der Waals surface area contributed by atoms with E-state index in [1.807, 2.05) is 31.2 Å². The Morgan fingerprint density at radius 2 is 1.65 bits per heavy atom. The number of urea groups is 1. The number of rotatable bonds is 5. The minimum absolute atomic E-state index is 0.179. The Morgan fingerprint density at radius 3 is 2.10 bits per heavy atom. The van der Waals surface area contributed by atoms with Crippen molar-refractivity contribution in [2.45, 2.75) is 32.9 Å². The Kier molecular flexibility index (Phi) is 6.01. The molecule has 0 heterocycles. The van der Waals surface area contributed by atoms with Crippen LogP contribution in [0.3, 0.4) is 0 Å². The van der Waals surface area contributed by atoms with E-state index < -0.39 is 18.0 Å². The number of hydrogen-bond acceptors (Lipinski definition) is 2. The molecule has 0 bridgehead atoms. The van der Waals surface area contributed by atoms with Gasteiger partial charge in [0.15, 0.2) is 0 Å². The smallest absolute Gasteiger partial charge is 0.326 e. The zero-order valence-electron chi connectivity index (χ0n) is 11.7. The van der Waals surface area contributed by atoms with Gasteiger partial charge in [-0.15, -0.1) is 0 Å². The van der Waals surface area contributed by atoms with Crippen LogP contribution in [0.2, 0.25) is 0 Å². The predicted octanol–water partition coefficient (Wildman–Crippen LogP) is 2.92. The van der Waals surface area contributed by atoms with Gasteiger partial charge in [0, 0.05) is 4.47 Å². The van der Waals surface area contributed by atoms with Crippen molar-refractivity contribution < 1.29 is 14.7 Å². The standard InChI is InChI=1S/C14H19BrN2O3/c1-8(2)12(13(18)19)17-14(20)16-9(3)10-4-6-11(15)7-5-10/h4-9,12H,1-3H3,(H,18,19)(H2,16,17,20)/t9?,12-/m0/s1. The van der Waals surface area contributed by atoms with Crippen LogP contribution in [0.1, 0.15) is 32.4 Å². The van der Waals surface area contributed by atoms with Crippen LogP contribution in [0.5, 0.6) is 0 Å². The summed E-state index contributed by atoms with van der Waals surface area (Å²) >= 11 is 3.35. The first-order chi connectivity index (χ1) is 9.31. The lowest BCUT2D eigenvalue weighted by Crippen LogP contribution is -2.49. The molecule has 0 saturated carbocycles. The van der Waals surface area contributed by atoms with E-state index in [0.717, 1.165) is 10.0 Å². The Morgan fingerprint density at radius 1 is 1.10 bits per heavy atom. The monoisotopic (exact) mass is 342 g/mol. The van der Waals surface area contributed by atoms with Gasteiger partial charge in [-0.1, -0.05) is 41.9 Å². The van der Waals surface area contributed by atoms with Gasteiger partial charge >= 0.3 is 12.0 Å². The molecule has 5 nitrogen and oxygen atoms in total. The van der Waals surface area contributed by atoms with Crippen LogP contribution in [0.4, 0.5) is 4.79 Å². The van der Waals surface area contributed by atoms with Crippen LogP contribution in [0, 0.1) is 5.92 Å². The van der Waals surface area contributed by atoms with Gasteiger partial charge in [0.2, 0.25) is 0 Å². The van der Waals surface area contributed by atoms with Crippen molar-refractivity contribution in [2.24, 2.45) is 5.92 Å². The lowest BCUT2D eigenvalue weighted by Gasteiger charge is -2.20. The van der Waals surface area contributed by atoms with E-state index in [0.29, 0.717) is 0 Å². The van der Waals surface area contributed by atoms with Gasteiger partial charge in [0.25, 0.3) is 0 Å². The van der Waals surface area contributed by atoms with E-state index in [4.69, 9.17) is 5.11 Å². The topological polar surface area (TPSA) is 78.4 Å². The number of carboxylic acid groups (broad SMARTS) is 1. The van der Waals surface area contributed by atoms with Crippen LogP contribution in [-0.4, -0.2) is 23.1 Å². The molecule has 20 heavy (non-hydrogen) atoms. The fraction of sp³-hybridized carbons (Fsp3) is 0.429. The minimum atomic E-state index is -1.04. The molecule has 2 atom stereocenters. The molecule has 110 valence electrons. The van der Waals surface area contributed by atoms with Crippen molar-refractivity contribution in [1.29, 1.82) is 0 Å². The molecule has 2 amide bonds. The van der Waals surface area contributed by atoms with E-state index in [9.17, 15) is 9.59 Å². The molecule has 0 aliphatic carbocycles. The van der Waals surface area contributed by atoms with E-state index in [-0.39, 0.29) is 12.0 Å². The molecule has 1 rings (SSSR count). The summed E-state index contributed by atoms with van der Waals surface area (Å²) in [6, 6.07) is 5.98. The van der Waals surface area contributed by atoms with Crippen molar-refractivity contribution in [2.75, 3.05) is 0 Å². The Balaban J connectivity index is 2.61. The Bertz CT molecular complexity index is 474. The van der Waals surface area contributed by atoms with Crippen molar-refractivity contribution >= 4 is 27.9 Å². The second kappa shape index (κ2) is 7.28. The third-order valence-corrected chi connectivity index (χ3v) is 3.47. The summed E-state index contributed by atoms with van der Waals surface area (Å²) < 4.78 is 0.962. The van der Waals surface area contributed by atoms with Gasteiger partial charge in [-0.3, -0.25) is 0 Å². The molecule has 0 aromatic heterocycles. The highest BCUT2D eigenvalue weighted by Crippen LogP contribution is 2.16. The predicted molar refractivity (Wildman–Crippen MR) is 80.5 cm³/mol. The number of carbonyl (C=O) groups excluding carboxylic acids is 1. The van der Waals surface area contributed by atoms with Gasteiger partial charge in [-0.2, -0.15) is 0 Å². The highest BCUT2D eigenvalue weighted by Gasteiger charge is 2.23. The number of amides is 2. The molecule has 0 aliphatic heterocycles. The summed E-state index contributed by atoms with van der Waals surface area (Å²) in [5.41, 5.74) is 0.944. The molecular weight excluding hydrogens is 324 g/mol. The molecule has 1 aromatic rings. The fourth-order valence-electron chi connectivity index (χ4n) is 1.73. The summed E-state index contributed by atoms with van der Waals surface area (Å²) in [5, 5.41) is 14.2. The maximum Gasteiger partial charge on any atom is 0.326 e. The first-order valence-corrected chi connectivity index (χ1v) is 7.16. The number of carbonyl (C=O) groups is 2. The number of carboxylic acids is 1. The number of aliphatic carboxylic acids is 1. The Hall–Kier alpha value is -1.56. The van der Waals surface area contributed by atoms with Gasteiger partial charge in [-0.05, 0) is 30.5 Å². The van der Waals surface area contributed by atoms with Crippen LogP contribution < -0.4 is 10.6 Å². The largest absolute Gasteiger partial charge is 0.480 e. The van der Waals surface area contributed by atoms with Crippen molar-refractivity contribution in [1.82, 2.24) is 10.6 Å². The van der Waals surface area contributed by atoms with E-state index in [1.165, 1.54) is 0 Å². The molecule has 1 aromatic carbocycles. The zero-order valence-corrected chi connectivity index (χ0v) is 13.3.